The SMILES string of the molecule is O=CC1=CCC(OC2C=CC(F)=CC2)C=C1. The second-order valence-corrected chi connectivity index (χ2v) is 3.81. The topological polar surface area (TPSA) is 26.3 Å². The molecule has 2 atom stereocenters. The minimum atomic E-state index is -0.206. The van der Waals surface area contributed by atoms with E-state index < -0.39 is 0 Å². The predicted molar refractivity (Wildman–Crippen MR) is 59.5 cm³/mol. The molecule has 0 N–H and O–H groups in total. The van der Waals surface area contributed by atoms with Crippen LogP contribution in [0.15, 0.2) is 47.9 Å². The Morgan fingerprint density at radius 2 is 1.88 bits per heavy atom. The summed E-state index contributed by atoms with van der Waals surface area (Å²) in [4.78, 5) is 10.5. The summed E-state index contributed by atoms with van der Waals surface area (Å²) in [5.74, 6) is -0.206. The Balaban J connectivity index is 1.85. The molecule has 2 unspecified atom stereocenters. The van der Waals surface area contributed by atoms with Gasteiger partial charge in [0.1, 0.15) is 12.1 Å². The first-order chi connectivity index (χ1) is 7.78. The molecule has 0 bridgehead atoms. The third-order valence-electron chi connectivity index (χ3n) is 2.59. The molecule has 0 aromatic carbocycles. The van der Waals surface area contributed by atoms with Gasteiger partial charge in [-0.05, 0) is 25.0 Å². The van der Waals surface area contributed by atoms with Gasteiger partial charge in [0.2, 0.25) is 0 Å². The fourth-order valence-corrected chi connectivity index (χ4v) is 1.71. The summed E-state index contributed by atoms with van der Waals surface area (Å²) >= 11 is 0. The lowest BCUT2D eigenvalue weighted by Gasteiger charge is -2.22. The second kappa shape index (κ2) is 5.03. The molecule has 0 radical (unpaired) electrons. The van der Waals surface area contributed by atoms with Crippen LogP contribution in [0.4, 0.5) is 4.39 Å². The summed E-state index contributed by atoms with van der Waals surface area (Å²) in [5, 5.41) is 0. The third kappa shape index (κ3) is 2.76. The highest BCUT2D eigenvalue weighted by molar-refractivity contribution is 5.77. The van der Waals surface area contributed by atoms with E-state index in [0.29, 0.717) is 18.4 Å². The van der Waals surface area contributed by atoms with Gasteiger partial charge in [-0.1, -0.05) is 24.3 Å². The molecule has 0 saturated heterocycles. The van der Waals surface area contributed by atoms with Gasteiger partial charge in [0.15, 0.2) is 0 Å². The molecule has 2 nitrogen and oxygen atoms in total. The Hall–Kier alpha value is -1.48. The van der Waals surface area contributed by atoms with E-state index in [2.05, 4.69) is 0 Å². The van der Waals surface area contributed by atoms with Gasteiger partial charge in [-0.15, -0.1) is 0 Å². The van der Waals surface area contributed by atoms with Crippen molar-refractivity contribution < 1.29 is 13.9 Å². The van der Waals surface area contributed by atoms with E-state index in [1.165, 1.54) is 12.2 Å². The van der Waals surface area contributed by atoms with Crippen LogP contribution in [0, 0.1) is 0 Å². The van der Waals surface area contributed by atoms with E-state index in [4.69, 9.17) is 4.74 Å². The molecule has 2 aliphatic carbocycles. The summed E-state index contributed by atoms with van der Waals surface area (Å²) in [6.07, 6.45) is 12.1. The molecule has 0 heterocycles. The Morgan fingerprint density at radius 1 is 1.19 bits per heavy atom. The maximum absolute atomic E-state index is 12.7. The smallest absolute Gasteiger partial charge is 0.149 e. The van der Waals surface area contributed by atoms with Gasteiger partial charge in [0.05, 0.1) is 12.2 Å². The van der Waals surface area contributed by atoms with E-state index in [-0.39, 0.29) is 18.0 Å². The van der Waals surface area contributed by atoms with Crippen LogP contribution in [-0.4, -0.2) is 18.5 Å². The van der Waals surface area contributed by atoms with Crippen molar-refractivity contribution in [3.63, 3.8) is 0 Å². The predicted octanol–water partition coefficient (Wildman–Crippen LogP) is 2.64. The zero-order valence-electron chi connectivity index (χ0n) is 8.80. The minimum absolute atomic E-state index is 0.0205. The number of hydrogen-bond donors (Lipinski definition) is 0. The van der Waals surface area contributed by atoms with Gasteiger partial charge < -0.3 is 4.74 Å². The van der Waals surface area contributed by atoms with Crippen LogP contribution < -0.4 is 0 Å². The molecule has 16 heavy (non-hydrogen) atoms. The number of halogens is 1. The van der Waals surface area contributed by atoms with Crippen molar-refractivity contribution in [1.29, 1.82) is 0 Å². The lowest BCUT2D eigenvalue weighted by atomic mass is 10.1. The van der Waals surface area contributed by atoms with Crippen molar-refractivity contribution in [2.75, 3.05) is 0 Å². The van der Waals surface area contributed by atoms with Gasteiger partial charge >= 0.3 is 0 Å². The maximum atomic E-state index is 12.7. The quantitative estimate of drug-likeness (QED) is 0.683. The summed E-state index contributed by atoms with van der Waals surface area (Å²) in [5.41, 5.74) is 0.685. The number of aldehydes is 1. The van der Waals surface area contributed by atoms with E-state index in [1.807, 2.05) is 12.2 Å². The second-order valence-electron chi connectivity index (χ2n) is 3.81. The molecular formula is C13H13FO2. The zero-order valence-corrected chi connectivity index (χ0v) is 8.80. The molecule has 0 spiro atoms. The molecule has 0 fully saturated rings. The summed E-state index contributed by atoms with van der Waals surface area (Å²) in [7, 11) is 0. The summed E-state index contributed by atoms with van der Waals surface area (Å²) in [6, 6.07) is 0. The Bertz CT molecular complexity index is 391. The lowest BCUT2D eigenvalue weighted by molar-refractivity contribution is -0.104. The number of carbonyl (C=O) groups excluding carboxylic acids is 1. The molecule has 0 saturated carbocycles. The van der Waals surface area contributed by atoms with Crippen molar-refractivity contribution in [2.45, 2.75) is 25.0 Å². The van der Waals surface area contributed by atoms with Crippen molar-refractivity contribution >= 4 is 6.29 Å². The molecule has 3 heteroatoms. The van der Waals surface area contributed by atoms with Crippen molar-refractivity contribution in [1.82, 2.24) is 0 Å². The fraction of sp³-hybridized carbons (Fsp3) is 0.308. The first-order valence-corrected chi connectivity index (χ1v) is 5.31. The molecule has 0 amide bonds. The maximum Gasteiger partial charge on any atom is 0.149 e. The van der Waals surface area contributed by atoms with Crippen LogP contribution in [0.5, 0.6) is 0 Å². The highest BCUT2D eigenvalue weighted by atomic mass is 19.1. The first kappa shape index (κ1) is 11.0. The number of allylic oxidation sites excluding steroid dienone is 4. The molecular weight excluding hydrogens is 207 g/mol. The molecule has 2 rings (SSSR count). The number of rotatable bonds is 3. The van der Waals surface area contributed by atoms with Crippen LogP contribution in [0.3, 0.4) is 0 Å². The zero-order chi connectivity index (χ0) is 11.4. The monoisotopic (exact) mass is 220 g/mol. The molecule has 0 aromatic heterocycles. The van der Waals surface area contributed by atoms with E-state index in [0.717, 1.165) is 6.29 Å². The van der Waals surface area contributed by atoms with Crippen molar-refractivity contribution in [2.24, 2.45) is 0 Å². The molecule has 0 aliphatic heterocycles. The molecule has 2 aliphatic rings. The summed E-state index contributed by atoms with van der Waals surface area (Å²) in [6.45, 7) is 0. The third-order valence-corrected chi connectivity index (χ3v) is 2.59. The average Bonchev–Trinajstić information content (AvgIpc) is 2.33. The number of hydrogen-bond acceptors (Lipinski definition) is 2. The number of ether oxygens (including phenoxy) is 1. The van der Waals surface area contributed by atoms with E-state index >= 15 is 0 Å². The van der Waals surface area contributed by atoms with Crippen LogP contribution in [0.25, 0.3) is 0 Å². The van der Waals surface area contributed by atoms with Crippen LogP contribution in [0.2, 0.25) is 0 Å². The largest absolute Gasteiger partial charge is 0.366 e. The normalized spacial score (nSPS) is 28.6. The van der Waals surface area contributed by atoms with Gasteiger partial charge in [0.25, 0.3) is 0 Å². The average molecular weight is 220 g/mol. The van der Waals surface area contributed by atoms with Crippen molar-refractivity contribution in [3.8, 4) is 0 Å². The number of carbonyl (C=O) groups is 1. The Morgan fingerprint density at radius 3 is 2.38 bits per heavy atom. The first-order valence-electron chi connectivity index (χ1n) is 5.31. The standard InChI is InChI=1S/C13H13FO2/c14-11-3-7-13(8-4-11)16-12-5-1-10(9-15)2-6-12/h1-5,7,9,12-13H,6,8H2. The Kier molecular flexibility index (Phi) is 3.47. The highest BCUT2D eigenvalue weighted by Crippen LogP contribution is 2.19. The van der Waals surface area contributed by atoms with E-state index in [9.17, 15) is 9.18 Å². The lowest BCUT2D eigenvalue weighted by Crippen LogP contribution is -2.20. The van der Waals surface area contributed by atoms with Crippen molar-refractivity contribution in [3.05, 3.63) is 47.9 Å². The summed E-state index contributed by atoms with van der Waals surface area (Å²) < 4.78 is 18.4. The van der Waals surface area contributed by atoms with Crippen LogP contribution >= 0.6 is 0 Å². The Labute approximate surface area is 93.8 Å². The highest BCUT2D eigenvalue weighted by Gasteiger charge is 2.15. The van der Waals surface area contributed by atoms with Gasteiger partial charge in [0, 0.05) is 5.57 Å². The van der Waals surface area contributed by atoms with Gasteiger partial charge in [-0.3, -0.25) is 4.79 Å². The van der Waals surface area contributed by atoms with Gasteiger partial charge in [-0.25, -0.2) is 4.39 Å². The minimum Gasteiger partial charge on any atom is -0.366 e. The van der Waals surface area contributed by atoms with Crippen LogP contribution in [-0.2, 0) is 9.53 Å². The molecule has 84 valence electrons. The van der Waals surface area contributed by atoms with E-state index in [1.54, 1.807) is 12.2 Å². The fourth-order valence-electron chi connectivity index (χ4n) is 1.71. The van der Waals surface area contributed by atoms with Gasteiger partial charge in [-0.2, -0.15) is 0 Å². The molecule has 0 aromatic rings. The van der Waals surface area contributed by atoms with Crippen LogP contribution in [0.1, 0.15) is 12.8 Å².